The maximum absolute atomic E-state index is 12.2. The van der Waals surface area contributed by atoms with E-state index < -0.39 is 0 Å². The molecule has 0 spiro atoms. The Hall–Kier alpha value is 0.320. The van der Waals surface area contributed by atoms with Crippen LogP contribution in [-0.4, -0.2) is 55.0 Å². The number of thioether (sulfide) groups is 1. The van der Waals surface area contributed by atoms with E-state index in [0.717, 1.165) is 39.0 Å². The van der Waals surface area contributed by atoms with Gasteiger partial charge in [-0.05, 0) is 12.8 Å². The van der Waals surface area contributed by atoms with Crippen LogP contribution in [0.25, 0.3) is 0 Å². The zero-order chi connectivity index (χ0) is 13.4. The maximum Gasteiger partial charge on any atom is 0.227 e. The second-order valence-electron chi connectivity index (χ2n) is 4.90. The molecule has 1 aliphatic rings. The van der Waals surface area contributed by atoms with Gasteiger partial charge in [0.2, 0.25) is 5.91 Å². The molecule has 4 nitrogen and oxygen atoms in total. The smallest absolute Gasteiger partial charge is 0.227 e. The quantitative estimate of drug-likeness (QED) is 0.738. The van der Waals surface area contributed by atoms with Crippen molar-refractivity contribution in [1.82, 2.24) is 10.2 Å². The van der Waals surface area contributed by atoms with E-state index in [9.17, 15) is 4.79 Å². The molecule has 0 unspecified atom stereocenters. The molecule has 1 heterocycles. The van der Waals surface area contributed by atoms with Crippen LogP contribution < -0.4 is 11.1 Å². The Morgan fingerprint density at radius 3 is 2.25 bits per heavy atom. The molecule has 1 aliphatic heterocycles. The number of nitrogens with two attached hydrogens (primary N) is 1. The van der Waals surface area contributed by atoms with Crippen molar-refractivity contribution in [3.05, 3.63) is 0 Å². The summed E-state index contributed by atoms with van der Waals surface area (Å²) < 4.78 is 0. The Kier molecular flexibility index (Phi) is 13.5. The highest BCUT2D eigenvalue weighted by atomic mass is 35.5. The number of halogens is 2. The third-order valence-corrected chi connectivity index (χ3v) is 4.99. The number of hydrogen-bond donors (Lipinski definition) is 2. The van der Waals surface area contributed by atoms with Crippen LogP contribution in [0.15, 0.2) is 0 Å². The number of carbonyl (C=O) groups excluding carboxylic acids is 1. The van der Waals surface area contributed by atoms with Crippen molar-refractivity contribution in [2.75, 3.05) is 44.2 Å². The lowest BCUT2D eigenvalue weighted by molar-refractivity contribution is -0.131. The Morgan fingerprint density at radius 1 is 1.25 bits per heavy atom. The monoisotopic (exact) mass is 345 g/mol. The number of nitrogens with zero attached hydrogens (tertiary/aromatic N) is 1. The SMILES string of the molecule is CCC(CC)(CN)C(=O)NCCN1CCSCC1.Cl.Cl. The van der Waals surface area contributed by atoms with Crippen LogP contribution >= 0.6 is 36.6 Å². The van der Waals surface area contributed by atoms with Crippen LogP contribution in [0, 0.1) is 5.41 Å². The number of carbonyl (C=O) groups is 1. The van der Waals surface area contributed by atoms with Gasteiger partial charge >= 0.3 is 0 Å². The van der Waals surface area contributed by atoms with Gasteiger partial charge in [-0.25, -0.2) is 0 Å². The lowest BCUT2D eigenvalue weighted by Crippen LogP contribution is -2.47. The highest BCUT2D eigenvalue weighted by Crippen LogP contribution is 2.24. The van der Waals surface area contributed by atoms with Gasteiger partial charge in [-0.2, -0.15) is 11.8 Å². The molecule has 122 valence electrons. The second kappa shape index (κ2) is 11.9. The third kappa shape index (κ3) is 6.39. The summed E-state index contributed by atoms with van der Waals surface area (Å²) in [6, 6.07) is 0. The summed E-state index contributed by atoms with van der Waals surface area (Å²) in [5.41, 5.74) is 5.41. The Labute approximate surface area is 139 Å². The topological polar surface area (TPSA) is 58.4 Å². The summed E-state index contributed by atoms with van der Waals surface area (Å²) in [6.07, 6.45) is 1.62. The van der Waals surface area contributed by atoms with Crippen LogP contribution in [-0.2, 0) is 4.79 Å². The van der Waals surface area contributed by atoms with Gasteiger partial charge in [-0.15, -0.1) is 24.8 Å². The fourth-order valence-corrected chi connectivity index (χ4v) is 3.27. The first-order valence-electron chi connectivity index (χ1n) is 6.97. The largest absolute Gasteiger partial charge is 0.354 e. The molecule has 1 amide bonds. The van der Waals surface area contributed by atoms with E-state index in [1.54, 1.807) is 0 Å². The van der Waals surface area contributed by atoms with Gasteiger partial charge in [0, 0.05) is 44.2 Å². The molecular weight excluding hydrogens is 317 g/mol. The summed E-state index contributed by atoms with van der Waals surface area (Å²) in [5.74, 6) is 2.55. The van der Waals surface area contributed by atoms with E-state index in [0.29, 0.717) is 6.54 Å². The minimum Gasteiger partial charge on any atom is -0.354 e. The maximum atomic E-state index is 12.2. The molecule has 0 aliphatic carbocycles. The van der Waals surface area contributed by atoms with Crippen molar-refractivity contribution >= 4 is 42.5 Å². The minimum atomic E-state index is -0.363. The molecule has 0 aromatic rings. The predicted molar refractivity (Wildman–Crippen MR) is 93.3 cm³/mol. The van der Waals surface area contributed by atoms with Gasteiger partial charge in [-0.3, -0.25) is 9.69 Å². The van der Waals surface area contributed by atoms with E-state index in [1.807, 2.05) is 25.6 Å². The van der Waals surface area contributed by atoms with E-state index in [-0.39, 0.29) is 36.1 Å². The van der Waals surface area contributed by atoms with Crippen LogP contribution in [0.1, 0.15) is 26.7 Å². The first-order chi connectivity index (χ1) is 8.68. The van der Waals surface area contributed by atoms with Crippen molar-refractivity contribution in [1.29, 1.82) is 0 Å². The lowest BCUT2D eigenvalue weighted by atomic mass is 9.81. The molecular formula is C13H29Cl2N3OS. The summed E-state index contributed by atoms with van der Waals surface area (Å²) >= 11 is 2.01. The lowest BCUT2D eigenvalue weighted by Gasteiger charge is -2.30. The molecule has 0 radical (unpaired) electrons. The molecule has 0 aromatic heterocycles. The van der Waals surface area contributed by atoms with Crippen molar-refractivity contribution < 1.29 is 4.79 Å². The van der Waals surface area contributed by atoms with Gasteiger partial charge in [0.1, 0.15) is 0 Å². The van der Waals surface area contributed by atoms with Crippen LogP contribution in [0.2, 0.25) is 0 Å². The highest BCUT2D eigenvalue weighted by molar-refractivity contribution is 7.99. The average Bonchev–Trinajstić information content (AvgIpc) is 2.42. The molecule has 1 saturated heterocycles. The Balaban J connectivity index is 0. The van der Waals surface area contributed by atoms with E-state index in [1.165, 1.54) is 11.5 Å². The van der Waals surface area contributed by atoms with Crippen molar-refractivity contribution in [3.8, 4) is 0 Å². The van der Waals surface area contributed by atoms with Crippen LogP contribution in [0.3, 0.4) is 0 Å². The predicted octanol–water partition coefficient (Wildman–Crippen LogP) is 1.76. The van der Waals surface area contributed by atoms with E-state index >= 15 is 0 Å². The van der Waals surface area contributed by atoms with Gasteiger partial charge in [0.25, 0.3) is 0 Å². The standard InChI is InChI=1S/C13H27N3OS.2ClH/c1-3-13(4-2,11-14)12(17)15-5-6-16-7-9-18-10-8-16;;/h3-11,14H2,1-2H3,(H,15,17);2*1H. The molecule has 7 heteroatoms. The normalized spacial score (nSPS) is 15.9. The number of hydrogen-bond acceptors (Lipinski definition) is 4. The third-order valence-electron chi connectivity index (χ3n) is 4.04. The summed E-state index contributed by atoms with van der Waals surface area (Å²) in [7, 11) is 0. The molecule has 0 saturated carbocycles. The summed E-state index contributed by atoms with van der Waals surface area (Å²) in [6.45, 7) is 8.50. The fraction of sp³-hybridized carbons (Fsp3) is 0.923. The van der Waals surface area contributed by atoms with Crippen LogP contribution in [0.5, 0.6) is 0 Å². The summed E-state index contributed by atoms with van der Waals surface area (Å²) in [5, 5.41) is 3.06. The molecule has 3 N–H and O–H groups in total. The fourth-order valence-electron chi connectivity index (χ4n) is 2.29. The van der Waals surface area contributed by atoms with E-state index in [4.69, 9.17) is 5.73 Å². The minimum absolute atomic E-state index is 0. The van der Waals surface area contributed by atoms with Crippen molar-refractivity contribution in [2.45, 2.75) is 26.7 Å². The number of amides is 1. The number of nitrogens with one attached hydrogen (secondary N) is 1. The Morgan fingerprint density at radius 2 is 1.80 bits per heavy atom. The molecule has 1 fully saturated rings. The van der Waals surface area contributed by atoms with E-state index in [2.05, 4.69) is 10.2 Å². The average molecular weight is 346 g/mol. The molecule has 20 heavy (non-hydrogen) atoms. The summed E-state index contributed by atoms with van der Waals surface area (Å²) in [4.78, 5) is 14.6. The van der Waals surface area contributed by atoms with Gasteiger partial charge < -0.3 is 11.1 Å². The van der Waals surface area contributed by atoms with Gasteiger partial charge in [0.05, 0.1) is 5.41 Å². The zero-order valence-electron chi connectivity index (χ0n) is 12.5. The van der Waals surface area contributed by atoms with Crippen molar-refractivity contribution in [2.24, 2.45) is 11.1 Å². The highest BCUT2D eigenvalue weighted by Gasteiger charge is 2.32. The Bertz CT molecular complexity index is 252. The molecule has 0 bridgehead atoms. The van der Waals surface area contributed by atoms with Crippen LogP contribution in [0.4, 0.5) is 0 Å². The molecule has 0 atom stereocenters. The first-order valence-corrected chi connectivity index (χ1v) is 8.12. The van der Waals surface area contributed by atoms with Crippen molar-refractivity contribution in [3.63, 3.8) is 0 Å². The van der Waals surface area contributed by atoms with Gasteiger partial charge in [0.15, 0.2) is 0 Å². The second-order valence-corrected chi connectivity index (χ2v) is 6.13. The zero-order valence-corrected chi connectivity index (χ0v) is 15.0. The molecule has 1 rings (SSSR count). The number of rotatable bonds is 7. The first kappa shape index (κ1) is 22.6. The van der Waals surface area contributed by atoms with Gasteiger partial charge in [-0.1, -0.05) is 13.8 Å². The molecule has 0 aromatic carbocycles.